The summed E-state index contributed by atoms with van der Waals surface area (Å²) in [5.74, 6) is 0. The van der Waals surface area contributed by atoms with Crippen LogP contribution in [0.2, 0.25) is 0 Å². The summed E-state index contributed by atoms with van der Waals surface area (Å²) in [6.45, 7) is 1.99. The van der Waals surface area contributed by atoms with Crippen LogP contribution in [0.1, 0.15) is 11.1 Å². The summed E-state index contributed by atoms with van der Waals surface area (Å²) < 4.78 is 0. The molecule has 2 aromatic carbocycles. The van der Waals surface area contributed by atoms with Crippen molar-refractivity contribution in [1.29, 1.82) is 5.26 Å². The maximum Gasteiger partial charge on any atom is 0.0994 e. The van der Waals surface area contributed by atoms with Crippen molar-refractivity contribution < 1.29 is 0 Å². The van der Waals surface area contributed by atoms with Gasteiger partial charge in [-0.05, 0) is 29.7 Å². The summed E-state index contributed by atoms with van der Waals surface area (Å²) >= 11 is 0. The lowest BCUT2D eigenvalue weighted by Crippen LogP contribution is -1.87. The fraction of sp³-hybridized carbons (Fsp3) is 0.0714. The van der Waals surface area contributed by atoms with E-state index in [1.165, 1.54) is 0 Å². The van der Waals surface area contributed by atoms with Crippen molar-refractivity contribution in [2.24, 2.45) is 0 Å². The Bertz CT molecular complexity index is 507. The zero-order valence-corrected chi connectivity index (χ0v) is 8.57. The quantitative estimate of drug-likeness (QED) is 0.679. The summed E-state index contributed by atoms with van der Waals surface area (Å²) in [6.07, 6.45) is 0. The molecule has 0 fully saturated rings. The molecule has 72 valence electrons. The van der Waals surface area contributed by atoms with E-state index in [9.17, 15) is 0 Å². The average Bonchev–Trinajstić information content (AvgIpc) is 2.30. The van der Waals surface area contributed by atoms with Crippen molar-refractivity contribution in [3.8, 4) is 17.2 Å². The van der Waals surface area contributed by atoms with Gasteiger partial charge < -0.3 is 0 Å². The summed E-state index contributed by atoms with van der Waals surface area (Å²) in [7, 11) is 0. The van der Waals surface area contributed by atoms with E-state index in [2.05, 4.69) is 18.2 Å². The van der Waals surface area contributed by atoms with Crippen molar-refractivity contribution in [3.63, 3.8) is 0 Å². The van der Waals surface area contributed by atoms with Crippen LogP contribution in [-0.2, 0) is 0 Å². The fourth-order valence-corrected chi connectivity index (χ4v) is 1.69. The van der Waals surface area contributed by atoms with Crippen molar-refractivity contribution in [2.45, 2.75) is 6.92 Å². The number of rotatable bonds is 1. The standard InChI is InChI=1S/C14H11N/c1-11-13(10-15)8-5-9-14(11)12-6-3-2-4-7-12/h2-9H,1H3. The first kappa shape index (κ1) is 9.48. The highest BCUT2D eigenvalue weighted by Gasteiger charge is 2.04. The molecule has 0 aromatic heterocycles. The third-order valence-electron chi connectivity index (χ3n) is 2.54. The predicted octanol–water partition coefficient (Wildman–Crippen LogP) is 3.53. The minimum atomic E-state index is 0.747. The van der Waals surface area contributed by atoms with Crippen molar-refractivity contribution >= 4 is 0 Å². The summed E-state index contributed by atoms with van der Waals surface area (Å²) in [5, 5.41) is 8.94. The van der Waals surface area contributed by atoms with Crippen molar-refractivity contribution in [2.75, 3.05) is 0 Å². The van der Waals surface area contributed by atoms with Crippen LogP contribution < -0.4 is 0 Å². The number of hydrogen-bond acceptors (Lipinski definition) is 1. The largest absolute Gasteiger partial charge is 0.192 e. The van der Waals surface area contributed by atoms with E-state index in [1.807, 2.05) is 43.3 Å². The van der Waals surface area contributed by atoms with Gasteiger partial charge in [0.1, 0.15) is 0 Å². The molecule has 0 aliphatic heterocycles. The van der Waals surface area contributed by atoms with Crippen LogP contribution in [0.15, 0.2) is 48.5 Å². The highest BCUT2D eigenvalue weighted by atomic mass is 14.2. The smallest absolute Gasteiger partial charge is 0.0994 e. The molecule has 0 heterocycles. The number of nitrogens with zero attached hydrogens (tertiary/aromatic N) is 1. The van der Waals surface area contributed by atoms with Gasteiger partial charge in [-0.15, -0.1) is 0 Å². The van der Waals surface area contributed by atoms with E-state index in [0.717, 1.165) is 22.3 Å². The van der Waals surface area contributed by atoms with Crippen LogP contribution in [-0.4, -0.2) is 0 Å². The highest BCUT2D eigenvalue weighted by Crippen LogP contribution is 2.24. The molecule has 0 bridgehead atoms. The van der Waals surface area contributed by atoms with Gasteiger partial charge in [0.15, 0.2) is 0 Å². The van der Waals surface area contributed by atoms with Crippen LogP contribution in [0.4, 0.5) is 0 Å². The van der Waals surface area contributed by atoms with Crippen LogP contribution in [0, 0.1) is 18.3 Å². The van der Waals surface area contributed by atoms with Gasteiger partial charge in [-0.25, -0.2) is 0 Å². The SMILES string of the molecule is Cc1c(C#N)cccc1-c1ccccc1. The first-order chi connectivity index (χ1) is 7.33. The monoisotopic (exact) mass is 193 g/mol. The molecule has 2 rings (SSSR count). The molecule has 0 amide bonds. The van der Waals surface area contributed by atoms with Crippen molar-refractivity contribution in [1.82, 2.24) is 0 Å². The zero-order chi connectivity index (χ0) is 10.7. The molecular formula is C14H11N. The van der Waals surface area contributed by atoms with E-state index in [1.54, 1.807) is 0 Å². The lowest BCUT2D eigenvalue weighted by Gasteiger charge is -2.06. The Morgan fingerprint density at radius 2 is 1.67 bits per heavy atom. The Morgan fingerprint density at radius 3 is 2.33 bits per heavy atom. The second-order valence-electron chi connectivity index (χ2n) is 3.46. The van der Waals surface area contributed by atoms with Crippen molar-refractivity contribution in [3.05, 3.63) is 59.7 Å². The van der Waals surface area contributed by atoms with Gasteiger partial charge in [0.05, 0.1) is 11.6 Å². The third kappa shape index (κ3) is 1.75. The first-order valence-corrected chi connectivity index (χ1v) is 4.88. The summed E-state index contributed by atoms with van der Waals surface area (Å²) in [5.41, 5.74) is 4.09. The van der Waals surface area contributed by atoms with Crippen LogP contribution in [0.5, 0.6) is 0 Å². The third-order valence-corrected chi connectivity index (χ3v) is 2.54. The fourth-order valence-electron chi connectivity index (χ4n) is 1.69. The molecule has 1 nitrogen and oxygen atoms in total. The molecule has 0 spiro atoms. The van der Waals surface area contributed by atoms with Gasteiger partial charge in [0.2, 0.25) is 0 Å². The maximum absolute atomic E-state index is 8.94. The lowest BCUT2D eigenvalue weighted by molar-refractivity contribution is 1.39. The molecule has 1 heteroatoms. The van der Waals surface area contributed by atoms with Crippen LogP contribution in [0.25, 0.3) is 11.1 Å². The minimum absolute atomic E-state index is 0.747. The molecule has 15 heavy (non-hydrogen) atoms. The Balaban J connectivity index is 2.61. The van der Waals surface area contributed by atoms with Crippen LogP contribution in [0.3, 0.4) is 0 Å². The second kappa shape index (κ2) is 3.98. The topological polar surface area (TPSA) is 23.8 Å². The summed E-state index contributed by atoms with van der Waals surface area (Å²) in [6, 6.07) is 18.2. The molecule has 2 aromatic rings. The van der Waals surface area contributed by atoms with E-state index < -0.39 is 0 Å². The van der Waals surface area contributed by atoms with E-state index >= 15 is 0 Å². The molecule has 0 saturated carbocycles. The van der Waals surface area contributed by atoms with Gasteiger partial charge in [-0.3, -0.25) is 0 Å². The number of benzene rings is 2. The van der Waals surface area contributed by atoms with Gasteiger partial charge >= 0.3 is 0 Å². The lowest BCUT2D eigenvalue weighted by atomic mass is 9.97. The van der Waals surface area contributed by atoms with Gasteiger partial charge in [0.25, 0.3) is 0 Å². The van der Waals surface area contributed by atoms with Crippen LogP contribution >= 0.6 is 0 Å². The second-order valence-corrected chi connectivity index (χ2v) is 3.46. The molecular weight excluding hydrogens is 182 g/mol. The minimum Gasteiger partial charge on any atom is -0.192 e. The molecule has 0 saturated heterocycles. The predicted molar refractivity (Wildman–Crippen MR) is 61.3 cm³/mol. The molecule has 0 aliphatic rings. The molecule has 0 N–H and O–H groups in total. The molecule has 0 unspecified atom stereocenters. The number of hydrogen-bond donors (Lipinski definition) is 0. The van der Waals surface area contributed by atoms with E-state index in [0.29, 0.717) is 0 Å². The molecule has 0 aliphatic carbocycles. The molecule has 0 atom stereocenters. The van der Waals surface area contributed by atoms with E-state index in [4.69, 9.17) is 5.26 Å². The highest BCUT2D eigenvalue weighted by molar-refractivity contribution is 5.69. The van der Waals surface area contributed by atoms with E-state index in [-0.39, 0.29) is 0 Å². The molecule has 0 radical (unpaired) electrons. The number of nitriles is 1. The van der Waals surface area contributed by atoms with Gasteiger partial charge in [-0.2, -0.15) is 5.26 Å². The normalized spacial score (nSPS) is 9.60. The maximum atomic E-state index is 8.94. The zero-order valence-electron chi connectivity index (χ0n) is 8.57. The Hall–Kier alpha value is -2.07. The Kier molecular flexibility index (Phi) is 2.51. The van der Waals surface area contributed by atoms with Gasteiger partial charge in [-0.1, -0.05) is 42.5 Å². The summed E-state index contributed by atoms with van der Waals surface area (Å²) in [4.78, 5) is 0. The van der Waals surface area contributed by atoms with Gasteiger partial charge in [0, 0.05) is 0 Å². The average molecular weight is 193 g/mol. The first-order valence-electron chi connectivity index (χ1n) is 4.88. The Morgan fingerprint density at radius 1 is 0.933 bits per heavy atom. The Labute approximate surface area is 89.6 Å².